The van der Waals surface area contributed by atoms with E-state index in [9.17, 15) is 9.59 Å². The maximum Gasteiger partial charge on any atom is 0.252 e. The molecule has 0 spiro atoms. The summed E-state index contributed by atoms with van der Waals surface area (Å²) in [5.41, 5.74) is 0.316. The van der Waals surface area contributed by atoms with Crippen molar-refractivity contribution in [1.29, 1.82) is 0 Å². The van der Waals surface area contributed by atoms with Crippen LogP contribution in [0.25, 0.3) is 0 Å². The summed E-state index contributed by atoms with van der Waals surface area (Å²) in [7, 11) is 0. The van der Waals surface area contributed by atoms with E-state index in [1.807, 2.05) is 0 Å². The van der Waals surface area contributed by atoms with Gasteiger partial charge in [0.25, 0.3) is 5.91 Å². The third kappa shape index (κ3) is 3.92. The van der Waals surface area contributed by atoms with Gasteiger partial charge in [0.05, 0.1) is 5.56 Å². The van der Waals surface area contributed by atoms with E-state index >= 15 is 0 Å². The number of hydrogen-bond acceptors (Lipinski definition) is 3. The van der Waals surface area contributed by atoms with Crippen LogP contribution in [0.3, 0.4) is 0 Å². The Balaban J connectivity index is 1.83. The minimum atomic E-state index is -0.192. The zero-order valence-corrected chi connectivity index (χ0v) is 11.2. The number of aromatic amines is 1. The Hall–Kier alpha value is -1.62. The van der Waals surface area contributed by atoms with Crippen LogP contribution >= 0.6 is 0 Å². The molecule has 1 aromatic heterocycles. The number of amides is 1. The lowest BCUT2D eigenvalue weighted by Crippen LogP contribution is -2.42. The van der Waals surface area contributed by atoms with Crippen molar-refractivity contribution in [2.75, 3.05) is 6.54 Å². The Kier molecular flexibility index (Phi) is 4.74. The molecule has 1 heterocycles. The van der Waals surface area contributed by atoms with Crippen LogP contribution in [0.4, 0.5) is 0 Å². The average Bonchev–Trinajstić information content (AvgIpc) is 2.42. The van der Waals surface area contributed by atoms with Gasteiger partial charge in [0.1, 0.15) is 0 Å². The molecular formula is C14H21N3O2. The Bertz CT molecular complexity index is 455. The summed E-state index contributed by atoms with van der Waals surface area (Å²) in [4.78, 5) is 25.4. The van der Waals surface area contributed by atoms with Gasteiger partial charge in [-0.05, 0) is 38.3 Å². The standard InChI is InChI=1S/C14H21N3O2/c1-2-15-11-4-6-12(7-5-11)17-14(19)10-3-8-13(18)16-9-10/h3,8-9,11-12,15H,2,4-7H2,1H3,(H,16,18)(H,17,19). The quantitative estimate of drug-likeness (QED) is 0.759. The summed E-state index contributed by atoms with van der Waals surface area (Å²) < 4.78 is 0. The number of nitrogens with one attached hydrogen (secondary N) is 3. The number of rotatable bonds is 4. The lowest BCUT2D eigenvalue weighted by atomic mass is 9.91. The highest BCUT2D eigenvalue weighted by molar-refractivity contribution is 5.93. The van der Waals surface area contributed by atoms with Crippen molar-refractivity contribution in [3.63, 3.8) is 0 Å². The molecule has 1 amide bonds. The number of H-pyrrole nitrogens is 1. The minimum absolute atomic E-state index is 0.108. The topological polar surface area (TPSA) is 74.0 Å². The highest BCUT2D eigenvalue weighted by Gasteiger charge is 2.22. The summed E-state index contributed by atoms with van der Waals surface area (Å²) in [5, 5.41) is 6.47. The Labute approximate surface area is 112 Å². The van der Waals surface area contributed by atoms with Gasteiger partial charge in [-0.25, -0.2) is 0 Å². The number of pyridine rings is 1. The summed E-state index contributed by atoms with van der Waals surface area (Å²) >= 11 is 0. The molecule has 19 heavy (non-hydrogen) atoms. The third-order valence-electron chi connectivity index (χ3n) is 3.60. The van der Waals surface area contributed by atoms with Gasteiger partial charge in [-0.3, -0.25) is 9.59 Å². The summed E-state index contributed by atoms with van der Waals surface area (Å²) in [5.74, 6) is -0.108. The van der Waals surface area contributed by atoms with Crippen molar-refractivity contribution in [2.24, 2.45) is 0 Å². The van der Waals surface area contributed by atoms with E-state index in [0.717, 1.165) is 32.2 Å². The second kappa shape index (κ2) is 6.52. The van der Waals surface area contributed by atoms with Crippen molar-refractivity contribution < 1.29 is 4.79 Å². The Morgan fingerprint density at radius 3 is 2.53 bits per heavy atom. The van der Waals surface area contributed by atoms with Gasteiger partial charge < -0.3 is 15.6 Å². The van der Waals surface area contributed by atoms with E-state index in [-0.39, 0.29) is 17.5 Å². The largest absolute Gasteiger partial charge is 0.349 e. The summed E-state index contributed by atoms with van der Waals surface area (Å²) in [6.45, 7) is 3.11. The first-order valence-corrected chi connectivity index (χ1v) is 6.92. The molecule has 0 radical (unpaired) electrons. The average molecular weight is 263 g/mol. The molecule has 5 nitrogen and oxygen atoms in total. The molecule has 0 saturated heterocycles. The molecule has 3 N–H and O–H groups in total. The van der Waals surface area contributed by atoms with Gasteiger partial charge in [-0.2, -0.15) is 0 Å². The molecule has 1 aliphatic carbocycles. The normalized spacial score (nSPS) is 23.0. The number of aromatic nitrogens is 1. The maximum atomic E-state index is 12.0. The lowest BCUT2D eigenvalue weighted by Gasteiger charge is -2.29. The molecule has 5 heteroatoms. The number of carbonyl (C=O) groups is 1. The van der Waals surface area contributed by atoms with Crippen molar-refractivity contribution in [2.45, 2.75) is 44.7 Å². The molecule has 0 unspecified atom stereocenters. The fourth-order valence-electron chi connectivity index (χ4n) is 2.55. The molecule has 104 valence electrons. The molecule has 0 bridgehead atoms. The predicted octanol–water partition coefficient (Wildman–Crippen LogP) is 1.03. The summed E-state index contributed by atoms with van der Waals surface area (Å²) in [6, 6.07) is 3.76. The highest BCUT2D eigenvalue weighted by atomic mass is 16.2. The van der Waals surface area contributed by atoms with Crippen LogP contribution in [-0.4, -0.2) is 29.5 Å². The van der Waals surface area contributed by atoms with Crippen LogP contribution in [0.1, 0.15) is 43.0 Å². The highest BCUT2D eigenvalue weighted by Crippen LogP contribution is 2.18. The fraction of sp³-hybridized carbons (Fsp3) is 0.571. The van der Waals surface area contributed by atoms with Crippen LogP contribution in [-0.2, 0) is 0 Å². The van der Waals surface area contributed by atoms with Gasteiger partial charge in [-0.15, -0.1) is 0 Å². The van der Waals surface area contributed by atoms with E-state index in [4.69, 9.17) is 0 Å². The van der Waals surface area contributed by atoms with Crippen LogP contribution in [0, 0.1) is 0 Å². The van der Waals surface area contributed by atoms with E-state index in [0.29, 0.717) is 11.6 Å². The monoisotopic (exact) mass is 263 g/mol. The molecule has 2 rings (SSSR count). The van der Waals surface area contributed by atoms with E-state index in [1.54, 1.807) is 6.07 Å². The van der Waals surface area contributed by atoms with Crippen LogP contribution in [0.15, 0.2) is 23.1 Å². The van der Waals surface area contributed by atoms with Crippen molar-refractivity contribution in [3.8, 4) is 0 Å². The van der Waals surface area contributed by atoms with Crippen molar-refractivity contribution >= 4 is 5.91 Å². The second-order valence-electron chi connectivity index (χ2n) is 5.02. The number of hydrogen-bond donors (Lipinski definition) is 3. The lowest BCUT2D eigenvalue weighted by molar-refractivity contribution is 0.0924. The molecule has 1 aromatic rings. The zero-order valence-electron chi connectivity index (χ0n) is 11.2. The van der Waals surface area contributed by atoms with E-state index in [2.05, 4.69) is 22.5 Å². The van der Waals surface area contributed by atoms with Gasteiger partial charge in [0.2, 0.25) is 5.56 Å². The van der Waals surface area contributed by atoms with Gasteiger partial charge >= 0.3 is 0 Å². The second-order valence-corrected chi connectivity index (χ2v) is 5.02. The first-order chi connectivity index (χ1) is 9.19. The third-order valence-corrected chi connectivity index (χ3v) is 3.60. The van der Waals surface area contributed by atoms with E-state index in [1.165, 1.54) is 12.3 Å². The SMILES string of the molecule is CCNC1CCC(NC(=O)c2ccc(=O)[nH]c2)CC1. The zero-order chi connectivity index (χ0) is 13.7. The molecule has 1 saturated carbocycles. The Morgan fingerprint density at radius 2 is 1.95 bits per heavy atom. The molecule has 0 aliphatic heterocycles. The minimum Gasteiger partial charge on any atom is -0.349 e. The fourth-order valence-corrected chi connectivity index (χ4v) is 2.55. The summed E-state index contributed by atoms with van der Waals surface area (Å²) in [6.07, 6.45) is 5.68. The first kappa shape index (κ1) is 13.8. The van der Waals surface area contributed by atoms with Gasteiger partial charge in [-0.1, -0.05) is 6.92 Å². The van der Waals surface area contributed by atoms with Crippen LogP contribution < -0.4 is 16.2 Å². The molecule has 1 aliphatic rings. The van der Waals surface area contributed by atoms with Crippen LogP contribution in [0.2, 0.25) is 0 Å². The molecule has 1 fully saturated rings. The Morgan fingerprint density at radius 1 is 1.26 bits per heavy atom. The van der Waals surface area contributed by atoms with E-state index < -0.39 is 0 Å². The van der Waals surface area contributed by atoms with Gasteiger partial charge in [0.15, 0.2) is 0 Å². The van der Waals surface area contributed by atoms with Gasteiger partial charge in [0, 0.05) is 24.3 Å². The first-order valence-electron chi connectivity index (χ1n) is 6.92. The smallest absolute Gasteiger partial charge is 0.252 e. The van der Waals surface area contributed by atoms with Crippen LogP contribution in [0.5, 0.6) is 0 Å². The molecule has 0 aromatic carbocycles. The van der Waals surface area contributed by atoms with Crippen molar-refractivity contribution in [1.82, 2.24) is 15.6 Å². The predicted molar refractivity (Wildman–Crippen MR) is 74.2 cm³/mol. The maximum absolute atomic E-state index is 12.0. The van der Waals surface area contributed by atoms with Crippen molar-refractivity contribution in [3.05, 3.63) is 34.2 Å². The molecule has 0 atom stereocenters. The number of carbonyl (C=O) groups excluding carboxylic acids is 1. The molecular weight excluding hydrogens is 242 g/mol.